The highest BCUT2D eigenvalue weighted by Crippen LogP contribution is 2.37. The van der Waals surface area contributed by atoms with Gasteiger partial charge < -0.3 is 19.1 Å². The van der Waals surface area contributed by atoms with Gasteiger partial charge in [0.15, 0.2) is 5.82 Å². The van der Waals surface area contributed by atoms with Gasteiger partial charge in [-0.3, -0.25) is 4.99 Å². The first-order chi connectivity index (χ1) is 17.3. The number of benzene rings is 1. The first kappa shape index (κ1) is 25.6. The molecule has 36 heavy (non-hydrogen) atoms. The molecule has 192 valence electrons. The smallest absolute Gasteiger partial charge is 0.378 e. The predicted octanol–water partition coefficient (Wildman–Crippen LogP) is 4.73. The second-order valence-electron chi connectivity index (χ2n) is 8.84. The summed E-state index contributed by atoms with van der Waals surface area (Å²) in [5.74, 6) is 0.320. The van der Waals surface area contributed by atoms with Gasteiger partial charge >= 0.3 is 12.2 Å². The van der Waals surface area contributed by atoms with Gasteiger partial charge in [-0.15, -0.1) is 0 Å². The Morgan fingerprint density at radius 3 is 2.50 bits per heavy atom. The number of carbonyl (C=O) groups is 1. The molecule has 11 heteroatoms. The number of aliphatic imine (C=N–C) groups is 1. The summed E-state index contributed by atoms with van der Waals surface area (Å²) in [6, 6.07) is 5.01. The molecule has 4 rings (SSSR count). The van der Waals surface area contributed by atoms with E-state index in [0.717, 1.165) is 17.7 Å². The van der Waals surface area contributed by atoms with Crippen molar-refractivity contribution in [2.45, 2.75) is 31.4 Å². The van der Waals surface area contributed by atoms with Crippen molar-refractivity contribution >= 4 is 17.8 Å². The fourth-order valence-corrected chi connectivity index (χ4v) is 4.41. The lowest BCUT2D eigenvalue weighted by Crippen LogP contribution is -2.52. The maximum absolute atomic E-state index is 13.3. The van der Waals surface area contributed by atoms with E-state index < -0.39 is 11.7 Å². The average molecular weight is 504 g/mol. The van der Waals surface area contributed by atoms with Gasteiger partial charge in [-0.2, -0.15) is 18.2 Å². The molecule has 2 unspecified atom stereocenters. The zero-order chi connectivity index (χ0) is 25.7. The molecular weight excluding hydrogens is 475 g/mol. The number of alkyl halides is 3. The van der Waals surface area contributed by atoms with E-state index in [1.807, 2.05) is 0 Å². The number of rotatable bonds is 5. The van der Waals surface area contributed by atoms with E-state index in [0.29, 0.717) is 63.1 Å². The summed E-state index contributed by atoms with van der Waals surface area (Å²) in [5.41, 5.74) is 0.693. The number of amides is 2. The Morgan fingerprint density at radius 2 is 1.83 bits per heavy atom. The van der Waals surface area contributed by atoms with Crippen LogP contribution in [0.25, 0.3) is 5.57 Å². The minimum absolute atomic E-state index is 0.126. The molecule has 2 aliphatic heterocycles. The largest absolute Gasteiger partial charge is 0.416 e. The quantitative estimate of drug-likeness (QED) is 0.551. The third-order valence-electron chi connectivity index (χ3n) is 6.32. The van der Waals surface area contributed by atoms with Crippen LogP contribution in [0.5, 0.6) is 0 Å². The Kier molecular flexibility index (Phi) is 7.88. The number of nitrogens with zero attached hydrogens (tertiary/aromatic N) is 5. The predicted molar refractivity (Wildman–Crippen MR) is 128 cm³/mol. The topological polar surface area (TPSA) is 84.1 Å². The molecule has 3 heterocycles. The number of likely N-dealkylation sites (tertiary alicyclic amines) is 1. The minimum atomic E-state index is -4.41. The lowest BCUT2D eigenvalue weighted by atomic mass is 9.84. The zero-order valence-corrected chi connectivity index (χ0v) is 19.9. The van der Waals surface area contributed by atoms with E-state index >= 15 is 0 Å². The van der Waals surface area contributed by atoms with Crippen molar-refractivity contribution in [2.75, 3.05) is 39.4 Å². The maximum atomic E-state index is 13.3. The van der Waals surface area contributed by atoms with Gasteiger partial charge in [-0.05, 0) is 31.0 Å². The van der Waals surface area contributed by atoms with Crippen LogP contribution < -0.4 is 0 Å². The Morgan fingerprint density at radius 1 is 1.14 bits per heavy atom. The Bertz CT molecular complexity index is 1120. The van der Waals surface area contributed by atoms with Crippen molar-refractivity contribution in [2.24, 2.45) is 4.99 Å². The molecule has 1 aromatic heterocycles. The fraction of sp³-hybridized carbons (Fsp3) is 0.440. The fourth-order valence-electron chi connectivity index (χ4n) is 4.41. The van der Waals surface area contributed by atoms with Crippen molar-refractivity contribution < 1.29 is 27.2 Å². The first-order valence-electron chi connectivity index (χ1n) is 11.7. The van der Waals surface area contributed by atoms with E-state index in [1.54, 1.807) is 29.0 Å². The van der Waals surface area contributed by atoms with Gasteiger partial charge in [-0.25, -0.2) is 4.79 Å². The molecular formula is C25H28F3N5O3. The standard InChI is InChI=1S/C25H28F3N5O3/c1-3-8-29-14-17(2)23-30-22(31-36-23)20-13-19(18-4-6-21(7-5-18)25(26,27)28)15-33(16-20)24(34)32-9-11-35-12-10-32/h3-8,14,19-20H,1,9-13,15-16H2,2H3/b17-14+,29-8?. The van der Waals surface area contributed by atoms with Gasteiger partial charge in [0.25, 0.3) is 5.89 Å². The summed E-state index contributed by atoms with van der Waals surface area (Å²) in [5, 5.41) is 4.15. The Hall–Kier alpha value is -3.47. The number of urea groups is 1. The van der Waals surface area contributed by atoms with Crippen molar-refractivity contribution in [3.8, 4) is 0 Å². The summed E-state index contributed by atoms with van der Waals surface area (Å²) in [4.78, 5) is 25.4. The van der Waals surface area contributed by atoms with Gasteiger partial charge in [0.2, 0.25) is 0 Å². The van der Waals surface area contributed by atoms with Gasteiger partial charge in [0.05, 0.1) is 18.8 Å². The Balaban J connectivity index is 1.59. The number of piperidine rings is 1. The molecule has 0 bridgehead atoms. The average Bonchev–Trinajstić information content (AvgIpc) is 3.39. The normalized spacial score (nSPS) is 21.7. The van der Waals surface area contributed by atoms with Crippen LogP contribution in [-0.2, 0) is 10.9 Å². The number of halogens is 3. The molecule has 2 aromatic rings. The monoisotopic (exact) mass is 503 g/mol. The van der Waals surface area contributed by atoms with Crippen molar-refractivity contribution in [3.05, 3.63) is 66.0 Å². The van der Waals surface area contributed by atoms with E-state index in [2.05, 4.69) is 21.7 Å². The number of hydrogen-bond acceptors (Lipinski definition) is 6. The molecule has 2 atom stereocenters. The molecule has 0 N–H and O–H groups in total. The molecule has 8 nitrogen and oxygen atoms in total. The summed E-state index contributed by atoms with van der Waals surface area (Å²) in [6.45, 7) is 8.05. The molecule has 0 radical (unpaired) electrons. The molecule has 2 saturated heterocycles. The lowest BCUT2D eigenvalue weighted by molar-refractivity contribution is -0.137. The summed E-state index contributed by atoms with van der Waals surface area (Å²) in [7, 11) is 0. The van der Waals surface area contributed by atoms with Crippen molar-refractivity contribution in [1.82, 2.24) is 19.9 Å². The zero-order valence-electron chi connectivity index (χ0n) is 19.9. The summed E-state index contributed by atoms with van der Waals surface area (Å²) < 4.78 is 50.0. The molecule has 2 aliphatic rings. The van der Waals surface area contributed by atoms with Crippen LogP contribution in [0.2, 0.25) is 0 Å². The van der Waals surface area contributed by atoms with Gasteiger partial charge in [0.1, 0.15) is 0 Å². The van der Waals surface area contributed by atoms with Crippen molar-refractivity contribution in [3.63, 3.8) is 0 Å². The van der Waals surface area contributed by atoms with Crippen LogP contribution >= 0.6 is 0 Å². The number of morpholine rings is 1. The molecule has 2 fully saturated rings. The summed E-state index contributed by atoms with van der Waals surface area (Å²) in [6.07, 6.45) is 0.819. The first-order valence-corrected chi connectivity index (χ1v) is 11.7. The summed E-state index contributed by atoms with van der Waals surface area (Å²) >= 11 is 0. The highest BCUT2D eigenvalue weighted by molar-refractivity contribution is 5.75. The van der Waals surface area contributed by atoms with E-state index in [4.69, 9.17) is 9.26 Å². The van der Waals surface area contributed by atoms with Crippen LogP contribution in [0, 0.1) is 0 Å². The van der Waals surface area contributed by atoms with Crippen LogP contribution in [-0.4, -0.2) is 71.6 Å². The third-order valence-corrected chi connectivity index (χ3v) is 6.32. The van der Waals surface area contributed by atoms with Gasteiger partial charge in [0, 0.05) is 56.0 Å². The SMILES string of the molecule is C=CC=N/C=C(\C)c1nc(C2CC(c3ccc(C(F)(F)F)cc3)CN(C(=O)N3CCOCC3)C2)no1. The number of ether oxygens (including phenoxy) is 1. The molecule has 0 saturated carbocycles. The number of hydrogen-bond donors (Lipinski definition) is 0. The molecule has 1 aromatic carbocycles. The highest BCUT2D eigenvalue weighted by Gasteiger charge is 2.37. The second kappa shape index (κ2) is 11.1. The molecule has 2 amide bonds. The number of aromatic nitrogens is 2. The van der Waals surface area contributed by atoms with E-state index in [-0.39, 0.29) is 17.9 Å². The Labute approximate surface area is 207 Å². The van der Waals surface area contributed by atoms with E-state index in [9.17, 15) is 18.0 Å². The second-order valence-corrected chi connectivity index (χ2v) is 8.84. The van der Waals surface area contributed by atoms with E-state index in [1.165, 1.54) is 18.3 Å². The van der Waals surface area contributed by atoms with Crippen LogP contribution in [0.1, 0.15) is 48.0 Å². The van der Waals surface area contributed by atoms with Crippen LogP contribution in [0.15, 0.2) is 52.6 Å². The minimum Gasteiger partial charge on any atom is -0.378 e. The lowest BCUT2D eigenvalue weighted by Gasteiger charge is -2.40. The maximum Gasteiger partial charge on any atom is 0.416 e. The molecule has 0 aliphatic carbocycles. The van der Waals surface area contributed by atoms with Crippen LogP contribution in [0.3, 0.4) is 0 Å². The van der Waals surface area contributed by atoms with Gasteiger partial charge in [-0.1, -0.05) is 29.9 Å². The number of allylic oxidation sites excluding steroid dienone is 2. The van der Waals surface area contributed by atoms with Crippen molar-refractivity contribution in [1.29, 1.82) is 0 Å². The van der Waals surface area contributed by atoms with Crippen LogP contribution in [0.4, 0.5) is 18.0 Å². The third kappa shape index (κ3) is 6.01. The highest BCUT2D eigenvalue weighted by atomic mass is 19.4. The number of carbonyl (C=O) groups excluding carboxylic acids is 1. The molecule has 0 spiro atoms.